The lowest BCUT2D eigenvalue weighted by Gasteiger charge is -2.35. The molecular formula is C37H29N2OP. The molecule has 0 fully saturated rings. The van der Waals surface area contributed by atoms with Gasteiger partial charge in [0.15, 0.2) is 0 Å². The molecule has 0 saturated carbocycles. The quantitative estimate of drug-likeness (QED) is 0.206. The minimum atomic E-state index is -3.49. The van der Waals surface area contributed by atoms with Gasteiger partial charge >= 0.3 is 7.44 Å². The van der Waals surface area contributed by atoms with Gasteiger partial charge in [0.1, 0.15) is 0 Å². The highest BCUT2D eigenvalue weighted by Crippen LogP contribution is 2.72. The molecule has 2 aliphatic rings. The first kappa shape index (κ1) is 24.2. The number of anilines is 4. The predicted molar refractivity (Wildman–Crippen MR) is 172 cm³/mol. The van der Waals surface area contributed by atoms with E-state index in [1.165, 1.54) is 22.3 Å². The zero-order chi connectivity index (χ0) is 27.8. The molecule has 41 heavy (non-hydrogen) atoms. The molecule has 3 nitrogen and oxygen atoms in total. The first-order valence-electron chi connectivity index (χ1n) is 14.1. The summed E-state index contributed by atoms with van der Waals surface area (Å²) in [6.07, 6.45) is 0. The molecule has 8 rings (SSSR count). The molecule has 1 aliphatic carbocycles. The summed E-state index contributed by atoms with van der Waals surface area (Å²) < 4.78 is 20.6. The molecule has 0 N–H and O–H groups in total. The van der Waals surface area contributed by atoms with Crippen LogP contribution in [-0.4, -0.2) is 0 Å². The predicted octanol–water partition coefficient (Wildman–Crippen LogP) is 9.95. The Labute approximate surface area is 240 Å². The molecule has 1 heterocycles. The minimum absolute atomic E-state index is 0.159. The zero-order valence-electron chi connectivity index (χ0n) is 23.0. The number of para-hydroxylation sites is 2. The van der Waals surface area contributed by atoms with Crippen LogP contribution in [0.5, 0.6) is 0 Å². The maximum absolute atomic E-state index is 16.3. The molecule has 198 valence electrons. The number of hydrogen-bond donors (Lipinski definition) is 0. The van der Waals surface area contributed by atoms with Crippen LogP contribution in [0.2, 0.25) is 0 Å². The molecule has 0 amide bonds. The number of rotatable bonds is 3. The second-order valence-corrected chi connectivity index (χ2v) is 13.8. The van der Waals surface area contributed by atoms with Crippen LogP contribution in [-0.2, 0) is 9.98 Å². The molecule has 1 atom stereocenters. The number of hydrogen-bond acceptors (Lipinski definition) is 1. The molecule has 6 aromatic carbocycles. The lowest BCUT2D eigenvalue weighted by atomic mass is 9.82. The Morgan fingerprint density at radius 1 is 0.512 bits per heavy atom. The van der Waals surface area contributed by atoms with E-state index in [9.17, 15) is 0 Å². The highest BCUT2D eigenvalue weighted by atomic mass is 31.2. The molecule has 1 unspecified atom stereocenters. The van der Waals surface area contributed by atoms with Crippen molar-refractivity contribution in [1.82, 2.24) is 0 Å². The van der Waals surface area contributed by atoms with Crippen LogP contribution in [0.4, 0.5) is 22.7 Å². The van der Waals surface area contributed by atoms with Crippen LogP contribution >= 0.6 is 7.44 Å². The standard InChI is InChI=1S/C37H29N2OP/c1-37(2)30-20-9-8-19-29(30)36-31(37)21-13-25-35(36)39-34-23-11-10-22-33(34)38(41(39,40)27-16-4-3-5-17-27)32-24-12-15-26-14-6-7-18-28(26)32/h3-25H,1-2H3. The van der Waals surface area contributed by atoms with Crippen LogP contribution in [0.1, 0.15) is 25.0 Å². The lowest BCUT2D eigenvalue weighted by molar-refractivity contribution is 0.582. The highest BCUT2D eigenvalue weighted by molar-refractivity contribution is 7.76. The van der Waals surface area contributed by atoms with Crippen LogP contribution in [0.25, 0.3) is 21.9 Å². The Morgan fingerprint density at radius 3 is 1.85 bits per heavy atom. The van der Waals surface area contributed by atoms with E-state index in [-0.39, 0.29) is 5.41 Å². The maximum atomic E-state index is 16.3. The summed E-state index contributed by atoms with van der Waals surface area (Å²) in [6, 6.07) is 48.1. The van der Waals surface area contributed by atoms with Gasteiger partial charge in [-0.15, -0.1) is 0 Å². The van der Waals surface area contributed by atoms with Gasteiger partial charge in [-0.25, -0.2) is 0 Å². The highest BCUT2D eigenvalue weighted by Gasteiger charge is 2.51. The largest absolute Gasteiger partial charge is 0.301 e. The van der Waals surface area contributed by atoms with Gasteiger partial charge in [-0.1, -0.05) is 117 Å². The molecule has 4 heteroatoms. The monoisotopic (exact) mass is 548 g/mol. The van der Waals surface area contributed by atoms with E-state index in [4.69, 9.17) is 0 Å². The molecule has 6 aromatic rings. The Kier molecular flexibility index (Phi) is 5.14. The van der Waals surface area contributed by atoms with Crippen molar-refractivity contribution >= 4 is 46.3 Å². The second-order valence-electron chi connectivity index (χ2n) is 11.4. The fourth-order valence-corrected chi connectivity index (χ4v) is 9.96. The van der Waals surface area contributed by atoms with Gasteiger partial charge in [-0.3, -0.25) is 13.9 Å². The Bertz CT molecular complexity index is 2030. The van der Waals surface area contributed by atoms with Gasteiger partial charge in [0.05, 0.1) is 28.1 Å². The molecule has 1 aliphatic heterocycles. The zero-order valence-corrected chi connectivity index (χ0v) is 23.9. The van der Waals surface area contributed by atoms with Crippen LogP contribution in [0.15, 0.2) is 140 Å². The van der Waals surface area contributed by atoms with Crippen molar-refractivity contribution in [1.29, 1.82) is 0 Å². The first-order chi connectivity index (χ1) is 20.0. The molecular weight excluding hydrogens is 519 g/mol. The molecule has 0 radical (unpaired) electrons. The van der Waals surface area contributed by atoms with Gasteiger partial charge in [0.25, 0.3) is 0 Å². The van der Waals surface area contributed by atoms with Gasteiger partial charge in [-0.05, 0) is 58.5 Å². The van der Waals surface area contributed by atoms with Gasteiger partial charge < -0.3 is 0 Å². The molecule has 0 aromatic heterocycles. The van der Waals surface area contributed by atoms with Crippen molar-refractivity contribution in [3.8, 4) is 11.1 Å². The molecule has 0 bridgehead atoms. The Hall–Kier alpha value is -4.59. The fourth-order valence-electron chi connectivity index (χ4n) is 6.91. The Morgan fingerprint density at radius 2 is 1.05 bits per heavy atom. The normalized spacial score (nSPS) is 18.3. The summed E-state index contributed by atoms with van der Waals surface area (Å²) in [7, 11) is -3.49. The second kappa shape index (κ2) is 8.70. The third-order valence-electron chi connectivity index (χ3n) is 8.78. The van der Waals surface area contributed by atoms with E-state index in [0.717, 1.165) is 38.8 Å². The van der Waals surface area contributed by atoms with E-state index >= 15 is 4.57 Å². The number of nitrogens with zero attached hydrogens (tertiary/aromatic N) is 2. The van der Waals surface area contributed by atoms with Crippen LogP contribution in [0.3, 0.4) is 0 Å². The average Bonchev–Trinajstić information content (AvgIpc) is 3.42. The summed E-state index contributed by atoms with van der Waals surface area (Å²) in [5, 5.41) is 3.00. The van der Waals surface area contributed by atoms with E-state index < -0.39 is 7.44 Å². The van der Waals surface area contributed by atoms with Crippen LogP contribution in [0, 0.1) is 0 Å². The molecule has 0 saturated heterocycles. The first-order valence-corrected chi connectivity index (χ1v) is 15.7. The van der Waals surface area contributed by atoms with Gasteiger partial charge in [-0.2, -0.15) is 0 Å². The van der Waals surface area contributed by atoms with Gasteiger partial charge in [0, 0.05) is 16.4 Å². The third kappa shape index (κ3) is 3.24. The summed E-state index contributed by atoms with van der Waals surface area (Å²) in [5.41, 5.74) is 8.59. The fraction of sp³-hybridized carbons (Fsp3) is 0.0811. The minimum Gasteiger partial charge on any atom is -0.269 e. The third-order valence-corrected chi connectivity index (χ3v) is 11.7. The summed E-state index contributed by atoms with van der Waals surface area (Å²) in [5.74, 6) is 0. The SMILES string of the molecule is CC1(C)c2ccccc2-c2c(N3c4ccccc4N(c4cccc5ccccc45)P3(=O)c3ccccc3)cccc21. The lowest BCUT2D eigenvalue weighted by Crippen LogP contribution is -2.27. The topological polar surface area (TPSA) is 23.6 Å². The van der Waals surface area contributed by atoms with E-state index in [2.05, 4.69) is 126 Å². The maximum Gasteiger partial charge on any atom is 0.301 e. The number of benzene rings is 6. The van der Waals surface area contributed by atoms with E-state index in [1.807, 2.05) is 36.4 Å². The summed E-state index contributed by atoms with van der Waals surface area (Å²) >= 11 is 0. The van der Waals surface area contributed by atoms with Crippen molar-refractivity contribution < 1.29 is 4.57 Å². The summed E-state index contributed by atoms with van der Waals surface area (Å²) in [4.78, 5) is 0. The average molecular weight is 549 g/mol. The number of fused-ring (bicyclic) bond motifs is 5. The van der Waals surface area contributed by atoms with Crippen molar-refractivity contribution in [2.45, 2.75) is 19.3 Å². The van der Waals surface area contributed by atoms with Crippen molar-refractivity contribution in [2.75, 3.05) is 9.34 Å². The van der Waals surface area contributed by atoms with Gasteiger partial charge in [0.2, 0.25) is 0 Å². The van der Waals surface area contributed by atoms with Crippen molar-refractivity contribution in [3.63, 3.8) is 0 Å². The van der Waals surface area contributed by atoms with Crippen molar-refractivity contribution in [2.24, 2.45) is 0 Å². The smallest absolute Gasteiger partial charge is 0.269 e. The van der Waals surface area contributed by atoms with E-state index in [0.29, 0.717) is 0 Å². The summed E-state index contributed by atoms with van der Waals surface area (Å²) in [6.45, 7) is 4.58. The van der Waals surface area contributed by atoms with Crippen molar-refractivity contribution in [3.05, 3.63) is 151 Å². The van der Waals surface area contributed by atoms with E-state index in [1.54, 1.807) is 0 Å². The molecule has 0 spiro atoms. The Balaban J connectivity index is 1.49. The van der Waals surface area contributed by atoms with Crippen LogP contribution < -0.4 is 14.6 Å².